The van der Waals surface area contributed by atoms with Crippen molar-refractivity contribution in [3.05, 3.63) is 35.9 Å². The van der Waals surface area contributed by atoms with Crippen LogP contribution in [0.4, 0.5) is 0 Å². The van der Waals surface area contributed by atoms with Crippen LogP contribution in [-0.2, 0) is 35.0 Å². The Morgan fingerprint density at radius 2 is 1.65 bits per heavy atom. The molecule has 1 saturated carbocycles. The first-order valence-corrected chi connectivity index (χ1v) is 10.8. The summed E-state index contributed by atoms with van der Waals surface area (Å²) in [6.45, 7) is 8.91. The zero-order chi connectivity index (χ0) is 23.0. The molecule has 1 aromatic carbocycles. The van der Waals surface area contributed by atoms with E-state index in [0.29, 0.717) is 19.4 Å². The van der Waals surface area contributed by atoms with E-state index in [9.17, 15) is 14.4 Å². The van der Waals surface area contributed by atoms with Gasteiger partial charge in [0.25, 0.3) is 0 Å². The standard InChI is InChI=1S/C24H35NO6/c1-16(26)30-15-19-13-20(29-12-11-18-9-7-6-8-10-18)22(21(14-19)31-17(2)27)25-23(28)24(3,4)5/h6-10,19-22H,11-15H2,1-5H3,(H,25,28)/t19-,20+,21-,22+/m1/s1. The maximum atomic E-state index is 12.7. The molecule has 1 aliphatic rings. The van der Waals surface area contributed by atoms with Gasteiger partial charge in [-0.3, -0.25) is 14.4 Å². The fourth-order valence-corrected chi connectivity index (χ4v) is 3.69. The molecule has 31 heavy (non-hydrogen) atoms. The Hall–Kier alpha value is -2.41. The van der Waals surface area contributed by atoms with Gasteiger partial charge in [0.05, 0.1) is 25.4 Å². The Kier molecular flexibility index (Phi) is 9.04. The molecule has 0 saturated heterocycles. The van der Waals surface area contributed by atoms with Crippen molar-refractivity contribution in [2.24, 2.45) is 11.3 Å². The molecule has 1 fully saturated rings. The Morgan fingerprint density at radius 1 is 1.00 bits per heavy atom. The lowest BCUT2D eigenvalue weighted by Crippen LogP contribution is -2.59. The highest BCUT2D eigenvalue weighted by molar-refractivity contribution is 5.81. The summed E-state index contributed by atoms with van der Waals surface area (Å²) in [4.78, 5) is 35.8. The second-order valence-corrected chi connectivity index (χ2v) is 9.18. The normalized spacial score (nSPS) is 23.6. The fraction of sp³-hybridized carbons (Fsp3) is 0.625. The summed E-state index contributed by atoms with van der Waals surface area (Å²) >= 11 is 0. The molecule has 0 radical (unpaired) electrons. The van der Waals surface area contributed by atoms with E-state index in [0.717, 1.165) is 12.0 Å². The van der Waals surface area contributed by atoms with Crippen molar-refractivity contribution in [3.63, 3.8) is 0 Å². The maximum absolute atomic E-state index is 12.7. The molecule has 0 aliphatic heterocycles. The van der Waals surface area contributed by atoms with Crippen LogP contribution in [0.25, 0.3) is 0 Å². The van der Waals surface area contributed by atoms with Crippen LogP contribution in [0.3, 0.4) is 0 Å². The second-order valence-electron chi connectivity index (χ2n) is 9.18. The zero-order valence-electron chi connectivity index (χ0n) is 19.2. The third-order valence-electron chi connectivity index (χ3n) is 5.32. The van der Waals surface area contributed by atoms with E-state index in [1.165, 1.54) is 13.8 Å². The number of carbonyl (C=O) groups excluding carboxylic acids is 3. The number of hydrogen-bond acceptors (Lipinski definition) is 6. The lowest BCUT2D eigenvalue weighted by atomic mass is 9.81. The third kappa shape index (κ3) is 8.32. The highest BCUT2D eigenvalue weighted by atomic mass is 16.6. The monoisotopic (exact) mass is 433 g/mol. The fourth-order valence-electron chi connectivity index (χ4n) is 3.69. The molecule has 1 aliphatic carbocycles. The van der Waals surface area contributed by atoms with Gasteiger partial charge in [-0.1, -0.05) is 51.1 Å². The van der Waals surface area contributed by atoms with E-state index >= 15 is 0 Å². The minimum absolute atomic E-state index is 0.0298. The molecule has 2 rings (SSSR count). The summed E-state index contributed by atoms with van der Waals surface area (Å²) in [5, 5.41) is 3.05. The molecule has 1 N–H and O–H groups in total. The van der Waals surface area contributed by atoms with Crippen molar-refractivity contribution in [1.29, 1.82) is 0 Å². The van der Waals surface area contributed by atoms with Gasteiger partial charge in [-0.25, -0.2) is 0 Å². The number of esters is 2. The van der Waals surface area contributed by atoms with Crippen LogP contribution >= 0.6 is 0 Å². The molecule has 0 spiro atoms. The maximum Gasteiger partial charge on any atom is 0.302 e. The van der Waals surface area contributed by atoms with Crippen LogP contribution in [0.5, 0.6) is 0 Å². The number of hydrogen-bond donors (Lipinski definition) is 1. The molecule has 0 heterocycles. The molecule has 1 amide bonds. The second kappa shape index (κ2) is 11.3. The van der Waals surface area contributed by atoms with Crippen LogP contribution < -0.4 is 5.32 Å². The van der Waals surface area contributed by atoms with E-state index in [2.05, 4.69) is 5.32 Å². The summed E-state index contributed by atoms with van der Waals surface area (Å²) in [5.41, 5.74) is 0.561. The summed E-state index contributed by atoms with van der Waals surface area (Å²) in [5.74, 6) is -0.938. The van der Waals surface area contributed by atoms with Crippen molar-refractivity contribution >= 4 is 17.8 Å². The predicted molar refractivity (Wildman–Crippen MR) is 116 cm³/mol. The van der Waals surface area contributed by atoms with E-state index in [4.69, 9.17) is 14.2 Å². The van der Waals surface area contributed by atoms with Crippen LogP contribution in [-0.4, -0.2) is 49.3 Å². The van der Waals surface area contributed by atoms with Crippen LogP contribution in [0.1, 0.15) is 53.0 Å². The van der Waals surface area contributed by atoms with Gasteiger partial charge in [0, 0.05) is 19.3 Å². The van der Waals surface area contributed by atoms with E-state index in [-0.39, 0.29) is 30.5 Å². The van der Waals surface area contributed by atoms with Gasteiger partial charge < -0.3 is 19.5 Å². The average Bonchev–Trinajstić information content (AvgIpc) is 2.68. The number of amides is 1. The molecule has 1 aromatic rings. The van der Waals surface area contributed by atoms with E-state index in [1.54, 1.807) is 0 Å². The highest BCUT2D eigenvalue weighted by Gasteiger charge is 2.42. The van der Waals surface area contributed by atoms with Gasteiger partial charge in [-0.2, -0.15) is 0 Å². The number of ether oxygens (including phenoxy) is 3. The van der Waals surface area contributed by atoms with Gasteiger partial charge in [-0.15, -0.1) is 0 Å². The number of carbonyl (C=O) groups is 3. The molecule has 0 unspecified atom stereocenters. The van der Waals surface area contributed by atoms with Crippen molar-refractivity contribution in [2.75, 3.05) is 13.2 Å². The molecule has 7 heteroatoms. The number of benzene rings is 1. The topological polar surface area (TPSA) is 90.9 Å². The SMILES string of the molecule is CC(=O)OC[C@@H]1C[C@H](OCCc2ccccc2)[C@H](NC(=O)C(C)(C)C)[C@H](OC(C)=O)C1. The molecular weight excluding hydrogens is 398 g/mol. The summed E-state index contributed by atoms with van der Waals surface area (Å²) in [6.07, 6.45) is 0.882. The minimum Gasteiger partial charge on any atom is -0.466 e. The zero-order valence-corrected chi connectivity index (χ0v) is 19.2. The molecule has 7 nitrogen and oxygen atoms in total. The largest absolute Gasteiger partial charge is 0.466 e. The van der Waals surface area contributed by atoms with E-state index in [1.807, 2.05) is 51.1 Å². The molecule has 0 bridgehead atoms. The first-order valence-electron chi connectivity index (χ1n) is 10.8. The highest BCUT2D eigenvalue weighted by Crippen LogP contribution is 2.31. The molecule has 172 valence electrons. The summed E-state index contributed by atoms with van der Waals surface area (Å²) in [7, 11) is 0. The van der Waals surface area contributed by atoms with Gasteiger partial charge in [0.15, 0.2) is 0 Å². The lowest BCUT2D eigenvalue weighted by Gasteiger charge is -2.42. The van der Waals surface area contributed by atoms with Gasteiger partial charge in [0.2, 0.25) is 5.91 Å². The van der Waals surface area contributed by atoms with Crippen molar-refractivity contribution < 1.29 is 28.6 Å². The third-order valence-corrected chi connectivity index (χ3v) is 5.32. The number of rotatable bonds is 8. The van der Waals surface area contributed by atoms with Crippen molar-refractivity contribution in [2.45, 2.75) is 72.1 Å². The average molecular weight is 434 g/mol. The van der Waals surface area contributed by atoms with Crippen LogP contribution in [0.2, 0.25) is 0 Å². The molecule has 0 aromatic heterocycles. The first-order chi connectivity index (χ1) is 14.6. The first kappa shape index (κ1) is 24.9. The van der Waals surface area contributed by atoms with Crippen molar-refractivity contribution in [1.82, 2.24) is 5.32 Å². The Morgan fingerprint density at radius 3 is 2.23 bits per heavy atom. The smallest absolute Gasteiger partial charge is 0.302 e. The van der Waals surface area contributed by atoms with Gasteiger partial charge >= 0.3 is 11.9 Å². The predicted octanol–water partition coefficient (Wildman–Crippen LogP) is 3.05. The Bertz CT molecular complexity index is 742. The minimum atomic E-state index is -0.593. The van der Waals surface area contributed by atoms with Crippen LogP contribution in [0, 0.1) is 11.3 Å². The van der Waals surface area contributed by atoms with Gasteiger partial charge in [-0.05, 0) is 30.7 Å². The van der Waals surface area contributed by atoms with Crippen molar-refractivity contribution in [3.8, 4) is 0 Å². The van der Waals surface area contributed by atoms with E-state index < -0.39 is 23.5 Å². The molecular formula is C24H35NO6. The molecule has 4 atom stereocenters. The van der Waals surface area contributed by atoms with Crippen LogP contribution in [0.15, 0.2) is 30.3 Å². The quantitative estimate of drug-likeness (QED) is 0.634. The number of nitrogens with one attached hydrogen (secondary N) is 1. The Labute approximate surface area is 184 Å². The Balaban J connectivity index is 2.16. The summed E-state index contributed by atoms with van der Waals surface area (Å²) < 4.78 is 17.0. The lowest BCUT2D eigenvalue weighted by molar-refractivity contribution is -0.161. The van der Waals surface area contributed by atoms with Gasteiger partial charge in [0.1, 0.15) is 6.10 Å². The summed E-state index contributed by atoms with van der Waals surface area (Å²) in [6, 6.07) is 9.53.